The van der Waals surface area contributed by atoms with Crippen molar-refractivity contribution in [2.24, 2.45) is 0 Å². The van der Waals surface area contributed by atoms with E-state index in [9.17, 15) is 32.3 Å². The first-order chi connectivity index (χ1) is 18.9. The monoisotopic (exact) mass is 552 g/mol. The molecule has 4 rings (SSSR count). The predicted octanol–water partition coefficient (Wildman–Crippen LogP) is 4.54. The molecule has 2 aliphatic heterocycles. The Morgan fingerprint density at radius 3 is 1.35 bits per heavy atom. The number of anilines is 2. The van der Waals surface area contributed by atoms with Crippen molar-refractivity contribution >= 4 is 35.0 Å². The molecule has 206 valence electrons. The summed E-state index contributed by atoms with van der Waals surface area (Å²) in [5, 5.41) is 0. The lowest BCUT2D eigenvalue weighted by atomic mass is 9.75. The molecule has 0 aliphatic carbocycles. The molecule has 0 N–H and O–H groups in total. The first-order valence-corrected chi connectivity index (χ1v) is 11.9. The number of hydrogen-bond acceptors (Lipinski definition) is 6. The predicted molar refractivity (Wildman–Crippen MR) is 140 cm³/mol. The van der Waals surface area contributed by atoms with E-state index in [-0.39, 0.29) is 47.2 Å². The second-order valence-corrected chi connectivity index (χ2v) is 8.88. The summed E-state index contributed by atoms with van der Waals surface area (Å²) in [7, 11) is 0. The summed E-state index contributed by atoms with van der Waals surface area (Å²) in [6.07, 6.45) is 1.88. The minimum Gasteiger partial charge on any atom is -0.487 e. The minimum atomic E-state index is -4.93. The number of halogens is 3. The maximum Gasteiger partial charge on any atom is 0.402 e. The second-order valence-electron chi connectivity index (χ2n) is 8.88. The van der Waals surface area contributed by atoms with E-state index < -0.39 is 35.2 Å². The first-order valence-electron chi connectivity index (χ1n) is 11.9. The number of ether oxygens (including phenoxy) is 2. The van der Waals surface area contributed by atoms with Gasteiger partial charge in [0.1, 0.15) is 30.1 Å². The number of nitrogens with zero attached hydrogens (tertiary/aromatic N) is 2. The quantitative estimate of drug-likeness (QED) is 0.317. The van der Waals surface area contributed by atoms with Crippen LogP contribution in [0.2, 0.25) is 0 Å². The van der Waals surface area contributed by atoms with Crippen molar-refractivity contribution < 1.29 is 41.8 Å². The summed E-state index contributed by atoms with van der Waals surface area (Å²) in [6, 6.07) is 6.93. The zero-order valence-corrected chi connectivity index (χ0v) is 21.2. The molecule has 2 aromatic rings. The van der Waals surface area contributed by atoms with Crippen LogP contribution in [0, 0.1) is 0 Å². The van der Waals surface area contributed by atoms with Gasteiger partial charge in [-0.3, -0.25) is 19.2 Å². The van der Waals surface area contributed by atoms with Crippen LogP contribution in [0.1, 0.15) is 18.1 Å². The van der Waals surface area contributed by atoms with Crippen LogP contribution < -0.4 is 19.3 Å². The normalized spacial score (nSPS) is 15.3. The average molecular weight is 553 g/mol. The molecular formula is C29H23F3N2O6. The maximum atomic E-state index is 15.0. The van der Waals surface area contributed by atoms with Gasteiger partial charge in [-0.05, 0) is 42.3 Å². The summed E-state index contributed by atoms with van der Waals surface area (Å²) < 4.78 is 56.1. The number of benzene rings is 2. The highest BCUT2D eigenvalue weighted by atomic mass is 19.4. The fraction of sp³-hybridized carbons (Fsp3) is 0.172. The standard InChI is InChI=1S/C29H23F3N2O6/c1-4-14-39-22-8-6-18(16-20(22)33-24(35)10-11-25(33)36)28(3,29(30,31)32)19-7-9-23(40-15-5-2)21(17-19)34-26(37)12-13-27(34)38/h4-13,16-17H,1-2,14-15H2,3H3. The van der Waals surface area contributed by atoms with E-state index in [1.165, 1.54) is 36.4 Å². The maximum absolute atomic E-state index is 15.0. The Hall–Kier alpha value is -4.93. The van der Waals surface area contributed by atoms with Crippen molar-refractivity contribution in [1.82, 2.24) is 0 Å². The van der Waals surface area contributed by atoms with E-state index in [1.807, 2.05) is 0 Å². The van der Waals surface area contributed by atoms with Crippen LogP contribution >= 0.6 is 0 Å². The van der Waals surface area contributed by atoms with E-state index in [0.717, 1.165) is 43.4 Å². The highest BCUT2D eigenvalue weighted by Crippen LogP contribution is 2.50. The van der Waals surface area contributed by atoms with Crippen molar-refractivity contribution in [3.63, 3.8) is 0 Å². The Morgan fingerprint density at radius 2 is 1.05 bits per heavy atom. The molecule has 2 aromatic carbocycles. The van der Waals surface area contributed by atoms with Crippen LogP contribution in [0.15, 0.2) is 86.0 Å². The zero-order chi connectivity index (χ0) is 29.2. The molecule has 8 nitrogen and oxygen atoms in total. The molecule has 2 aliphatic rings. The third-order valence-corrected chi connectivity index (χ3v) is 6.45. The summed E-state index contributed by atoms with van der Waals surface area (Å²) in [4.78, 5) is 51.2. The summed E-state index contributed by atoms with van der Waals surface area (Å²) in [5.74, 6) is -3.00. The van der Waals surface area contributed by atoms with Gasteiger partial charge < -0.3 is 9.47 Å². The number of alkyl halides is 3. The second kappa shape index (κ2) is 10.7. The van der Waals surface area contributed by atoms with Gasteiger partial charge in [-0.15, -0.1) is 0 Å². The number of rotatable bonds is 10. The lowest BCUT2D eigenvalue weighted by Crippen LogP contribution is -2.41. The minimum absolute atomic E-state index is 0.00762. The Kier molecular flexibility index (Phi) is 7.50. The van der Waals surface area contributed by atoms with E-state index >= 15 is 0 Å². The number of carbonyl (C=O) groups is 4. The summed E-state index contributed by atoms with van der Waals surface area (Å²) in [5.41, 5.74) is -3.79. The highest BCUT2D eigenvalue weighted by molar-refractivity contribution is 6.29. The summed E-state index contributed by atoms with van der Waals surface area (Å²) in [6.45, 7) is 7.91. The zero-order valence-electron chi connectivity index (χ0n) is 21.2. The van der Waals surface area contributed by atoms with Crippen molar-refractivity contribution in [1.29, 1.82) is 0 Å². The molecular weight excluding hydrogens is 529 g/mol. The lowest BCUT2D eigenvalue weighted by Gasteiger charge is -2.35. The van der Waals surface area contributed by atoms with Crippen molar-refractivity contribution in [2.75, 3.05) is 23.0 Å². The molecule has 11 heteroatoms. The third-order valence-electron chi connectivity index (χ3n) is 6.45. The highest BCUT2D eigenvalue weighted by Gasteiger charge is 2.54. The number of carbonyl (C=O) groups excluding carboxylic acids is 4. The van der Waals surface area contributed by atoms with Crippen LogP contribution in [-0.2, 0) is 24.6 Å². The van der Waals surface area contributed by atoms with Crippen LogP contribution in [-0.4, -0.2) is 43.0 Å². The molecule has 0 fully saturated rings. The number of imide groups is 2. The molecule has 0 saturated carbocycles. The van der Waals surface area contributed by atoms with E-state index in [4.69, 9.17) is 9.47 Å². The van der Waals surface area contributed by atoms with Crippen molar-refractivity contribution in [2.45, 2.75) is 18.5 Å². The Labute approximate surface area is 227 Å². The average Bonchev–Trinajstić information content (AvgIpc) is 3.43. The number of amides is 4. The molecule has 0 bridgehead atoms. The van der Waals surface area contributed by atoms with Crippen LogP contribution in [0.4, 0.5) is 24.5 Å². The molecule has 0 radical (unpaired) electrons. The fourth-order valence-electron chi connectivity index (χ4n) is 4.32. The fourth-order valence-corrected chi connectivity index (χ4v) is 4.32. The number of hydrogen-bond donors (Lipinski definition) is 0. The van der Waals surface area contributed by atoms with Gasteiger partial charge in [0.05, 0.1) is 11.4 Å². The third kappa shape index (κ3) is 4.81. The lowest BCUT2D eigenvalue weighted by molar-refractivity contribution is -0.173. The molecule has 0 unspecified atom stereocenters. The van der Waals surface area contributed by atoms with Gasteiger partial charge in [-0.2, -0.15) is 13.2 Å². The molecule has 0 spiro atoms. The van der Waals surface area contributed by atoms with E-state index in [1.54, 1.807) is 0 Å². The van der Waals surface area contributed by atoms with Gasteiger partial charge in [0.2, 0.25) is 0 Å². The Bertz CT molecular complexity index is 1350. The molecule has 40 heavy (non-hydrogen) atoms. The Morgan fingerprint density at radius 1 is 0.700 bits per heavy atom. The summed E-state index contributed by atoms with van der Waals surface area (Å²) >= 11 is 0. The van der Waals surface area contributed by atoms with Crippen LogP contribution in [0.5, 0.6) is 11.5 Å². The van der Waals surface area contributed by atoms with Crippen molar-refractivity contribution in [3.05, 3.63) is 97.1 Å². The van der Waals surface area contributed by atoms with E-state index in [0.29, 0.717) is 9.80 Å². The smallest absolute Gasteiger partial charge is 0.402 e. The van der Waals surface area contributed by atoms with Crippen LogP contribution in [0.3, 0.4) is 0 Å². The van der Waals surface area contributed by atoms with Crippen molar-refractivity contribution in [3.8, 4) is 11.5 Å². The van der Waals surface area contributed by atoms with Gasteiger partial charge in [-0.1, -0.05) is 37.4 Å². The van der Waals surface area contributed by atoms with Gasteiger partial charge >= 0.3 is 6.18 Å². The van der Waals surface area contributed by atoms with Gasteiger partial charge in [0.25, 0.3) is 23.6 Å². The molecule has 2 heterocycles. The molecule has 0 saturated heterocycles. The molecule has 0 atom stereocenters. The van der Waals surface area contributed by atoms with E-state index in [2.05, 4.69) is 13.2 Å². The topological polar surface area (TPSA) is 93.2 Å². The van der Waals surface area contributed by atoms with Gasteiger partial charge in [0.15, 0.2) is 0 Å². The van der Waals surface area contributed by atoms with Gasteiger partial charge in [0, 0.05) is 24.3 Å². The first kappa shape index (κ1) is 28.1. The molecule has 4 amide bonds. The largest absolute Gasteiger partial charge is 0.487 e. The van der Waals surface area contributed by atoms with Crippen LogP contribution in [0.25, 0.3) is 0 Å². The molecule has 0 aromatic heterocycles. The van der Waals surface area contributed by atoms with Gasteiger partial charge in [-0.25, -0.2) is 9.80 Å². The Balaban J connectivity index is 1.93. The SMILES string of the molecule is C=CCOc1ccc(C(C)(c2ccc(OCC=C)c(N3C(=O)C=CC3=O)c2)C(F)(F)F)cc1N1C(=O)C=CC1=O.